The molecule has 2 fully saturated rings. The minimum absolute atomic E-state index is 0.367. The van der Waals surface area contributed by atoms with Crippen molar-refractivity contribution < 1.29 is 0 Å². The Hall–Kier alpha value is -0.0800. The summed E-state index contributed by atoms with van der Waals surface area (Å²) >= 11 is 0. The van der Waals surface area contributed by atoms with E-state index in [0.717, 1.165) is 12.1 Å². The summed E-state index contributed by atoms with van der Waals surface area (Å²) in [6.45, 7) is 9.39. The maximum atomic E-state index is 3.58. The molecule has 2 aliphatic rings. The molecule has 12 heavy (non-hydrogen) atoms. The minimum atomic E-state index is 0.367. The highest BCUT2D eigenvalue weighted by molar-refractivity contribution is 5.00. The van der Waals surface area contributed by atoms with E-state index in [9.17, 15) is 0 Å². The Morgan fingerprint density at radius 2 is 2.00 bits per heavy atom. The molecule has 2 atom stereocenters. The predicted molar refractivity (Wildman–Crippen MR) is 51.3 cm³/mol. The maximum Gasteiger partial charge on any atom is 0.0255 e. The lowest BCUT2D eigenvalue weighted by Gasteiger charge is -2.54. The van der Waals surface area contributed by atoms with Crippen molar-refractivity contribution in [2.75, 3.05) is 13.1 Å². The first-order chi connectivity index (χ1) is 5.59. The molecular formula is C10H20N2. The summed E-state index contributed by atoms with van der Waals surface area (Å²) in [6.07, 6.45) is 2.78. The van der Waals surface area contributed by atoms with Crippen LogP contribution in [0.2, 0.25) is 0 Å². The molecule has 1 aliphatic carbocycles. The van der Waals surface area contributed by atoms with Crippen molar-refractivity contribution in [3.05, 3.63) is 0 Å². The van der Waals surface area contributed by atoms with Gasteiger partial charge in [-0.15, -0.1) is 0 Å². The fraction of sp³-hybridized carbons (Fsp3) is 1.00. The van der Waals surface area contributed by atoms with E-state index in [-0.39, 0.29) is 0 Å². The van der Waals surface area contributed by atoms with Crippen LogP contribution in [0.1, 0.15) is 33.6 Å². The van der Waals surface area contributed by atoms with Crippen LogP contribution in [0, 0.1) is 0 Å². The Bertz CT molecular complexity index is 171. The molecule has 1 saturated heterocycles. The van der Waals surface area contributed by atoms with Gasteiger partial charge >= 0.3 is 0 Å². The van der Waals surface area contributed by atoms with Crippen LogP contribution in [0.4, 0.5) is 0 Å². The quantitative estimate of drug-likeness (QED) is 0.585. The van der Waals surface area contributed by atoms with E-state index >= 15 is 0 Å². The van der Waals surface area contributed by atoms with E-state index in [4.69, 9.17) is 0 Å². The fourth-order valence-electron chi connectivity index (χ4n) is 2.46. The van der Waals surface area contributed by atoms with Crippen LogP contribution in [-0.2, 0) is 0 Å². The van der Waals surface area contributed by atoms with Crippen molar-refractivity contribution in [3.8, 4) is 0 Å². The van der Waals surface area contributed by atoms with Crippen LogP contribution >= 0.6 is 0 Å². The lowest BCUT2D eigenvalue weighted by atomic mass is 9.81. The molecule has 0 bridgehead atoms. The van der Waals surface area contributed by atoms with Crippen molar-refractivity contribution in [1.29, 1.82) is 0 Å². The molecule has 2 unspecified atom stereocenters. The van der Waals surface area contributed by atoms with Gasteiger partial charge in [-0.25, -0.2) is 0 Å². The van der Waals surface area contributed by atoms with Crippen molar-refractivity contribution in [3.63, 3.8) is 0 Å². The van der Waals surface area contributed by atoms with Crippen LogP contribution in [0.3, 0.4) is 0 Å². The summed E-state index contributed by atoms with van der Waals surface area (Å²) in [7, 11) is 0. The molecule has 0 radical (unpaired) electrons. The first-order valence-electron chi connectivity index (χ1n) is 5.09. The Morgan fingerprint density at radius 1 is 1.25 bits per heavy atom. The van der Waals surface area contributed by atoms with Gasteiger partial charge in [-0.3, -0.25) is 4.90 Å². The first-order valence-corrected chi connectivity index (χ1v) is 5.09. The zero-order valence-corrected chi connectivity index (χ0v) is 8.43. The molecule has 2 rings (SSSR count). The van der Waals surface area contributed by atoms with Gasteiger partial charge in [0.2, 0.25) is 0 Å². The summed E-state index contributed by atoms with van der Waals surface area (Å²) in [5.41, 5.74) is 0.367. The van der Waals surface area contributed by atoms with Gasteiger partial charge in [0.25, 0.3) is 0 Å². The predicted octanol–water partition coefficient (Wildman–Crippen LogP) is 1.22. The normalized spacial score (nSPS) is 37.2. The lowest BCUT2D eigenvalue weighted by Crippen LogP contribution is -2.67. The van der Waals surface area contributed by atoms with Crippen LogP contribution in [0.15, 0.2) is 0 Å². The number of piperazine rings is 1. The van der Waals surface area contributed by atoms with Gasteiger partial charge in [-0.05, 0) is 33.6 Å². The highest BCUT2D eigenvalue weighted by Gasteiger charge is 2.41. The molecule has 2 nitrogen and oxygen atoms in total. The topological polar surface area (TPSA) is 15.3 Å². The van der Waals surface area contributed by atoms with Crippen molar-refractivity contribution in [2.24, 2.45) is 0 Å². The number of rotatable bonds is 0. The number of hydrogen-bond acceptors (Lipinski definition) is 2. The van der Waals surface area contributed by atoms with Crippen LogP contribution in [0.5, 0.6) is 0 Å². The number of fused-ring (bicyclic) bond motifs is 1. The largest absolute Gasteiger partial charge is 0.311 e. The van der Waals surface area contributed by atoms with Gasteiger partial charge in [-0.1, -0.05) is 0 Å². The molecule has 1 aliphatic heterocycles. The maximum absolute atomic E-state index is 3.58. The minimum Gasteiger partial charge on any atom is -0.311 e. The average Bonchev–Trinajstić information content (AvgIpc) is 1.88. The van der Waals surface area contributed by atoms with Gasteiger partial charge in [0.05, 0.1) is 0 Å². The van der Waals surface area contributed by atoms with E-state index in [1.807, 2.05) is 0 Å². The third-order valence-corrected chi connectivity index (χ3v) is 3.26. The second-order valence-electron chi connectivity index (χ2n) is 5.07. The van der Waals surface area contributed by atoms with Crippen LogP contribution < -0.4 is 5.32 Å². The summed E-state index contributed by atoms with van der Waals surface area (Å²) in [5, 5.41) is 3.58. The highest BCUT2D eigenvalue weighted by atomic mass is 15.3. The molecule has 0 spiro atoms. The number of nitrogens with zero attached hydrogens (tertiary/aromatic N) is 1. The second-order valence-corrected chi connectivity index (χ2v) is 5.07. The Morgan fingerprint density at radius 3 is 2.42 bits per heavy atom. The SMILES string of the molecule is CC(C)(C)N1CCNC2CCC21. The summed E-state index contributed by atoms with van der Waals surface area (Å²) in [4.78, 5) is 2.66. The summed E-state index contributed by atoms with van der Waals surface area (Å²) in [6, 6.07) is 1.64. The molecule has 70 valence electrons. The molecule has 1 saturated carbocycles. The third kappa shape index (κ3) is 1.27. The van der Waals surface area contributed by atoms with Crippen molar-refractivity contribution in [1.82, 2.24) is 10.2 Å². The molecule has 1 N–H and O–H groups in total. The van der Waals surface area contributed by atoms with E-state index < -0.39 is 0 Å². The summed E-state index contributed by atoms with van der Waals surface area (Å²) in [5.74, 6) is 0. The van der Waals surface area contributed by atoms with Crippen molar-refractivity contribution >= 4 is 0 Å². The van der Waals surface area contributed by atoms with E-state index in [1.54, 1.807) is 0 Å². The van der Waals surface area contributed by atoms with E-state index in [2.05, 4.69) is 31.0 Å². The second kappa shape index (κ2) is 2.71. The van der Waals surface area contributed by atoms with E-state index in [0.29, 0.717) is 5.54 Å². The Kier molecular flexibility index (Phi) is 1.92. The third-order valence-electron chi connectivity index (χ3n) is 3.26. The average molecular weight is 168 g/mol. The highest BCUT2D eigenvalue weighted by Crippen LogP contribution is 2.32. The smallest absolute Gasteiger partial charge is 0.0255 e. The van der Waals surface area contributed by atoms with Gasteiger partial charge in [0, 0.05) is 30.7 Å². The standard InChI is InChI=1S/C10H20N2/c1-10(2,3)12-7-6-11-8-4-5-9(8)12/h8-9,11H,4-7H2,1-3H3. The molecular weight excluding hydrogens is 148 g/mol. The molecule has 0 aromatic rings. The fourth-order valence-corrected chi connectivity index (χ4v) is 2.46. The molecule has 0 aromatic carbocycles. The lowest BCUT2D eigenvalue weighted by molar-refractivity contribution is -0.0119. The van der Waals surface area contributed by atoms with Crippen LogP contribution in [0.25, 0.3) is 0 Å². The monoisotopic (exact) mass is 168 g/mol. The van der Waals surface area contributed by atoms with Crippen molar-refractivity contribution in [2.45, 2.75) is 51.2 Å². The molecule has 2 heteroatoms. The van der Waals surface area contributed by atoms with Gasteiger partial charge in [-0.2, -0.15) is 0 Å². The van der Waals surface area contributed by atoms with Gasteiger partial charge < -0.3 is 5.32 Å². The summed E-state index contributed by atoms with van der Waals surface area (Å²) < 4.78 is 0. The van der Waals surface area contributed by atoms with E-state index in [1.165, 1.54) is 25.9 Å². The number of nitrogens with one attached hydrogen (secondary N) is 1. The Balaban J connectivity index is 2.05. The van der Waals surface area contributed by atoms with Gasteiger partial charge in [0.1, 0.15) is 0 Å². The zero-order chi connectivity index (χ0) is 8.77. The van der Waals surface area contributed by atoms with Crippen LogP contribution in [-0.4, -0.2) is 35.6 Å². The molecule has 0 amide bonds. The molecule has 1 heterocycles. The molecule has 0 aromatic heterocycles. The Labute approximate surface area is 75.3 Å². The van der Waals surface area contributed by atoms with Gasteiger partial charge in [0.15, 0.2) is 0 Å². The first kappa shape index (κ1) is 8.52. The number of hydrogen-bond donors (Lipinski definition) is 1. The zero-order valence-electron chi connectivity index (χ0n) is 8.43.